The second-order valence-electron chi connectivity index (χ2n) is 4.59. The van der Waals surface area contributed by atoms with E-state index in [0.717, 1.165) is 11.3 Å². The minimum Gasteiger partial charge on any atom is -0.481 e. The lowest BCUT2D eigenvalue weighted by Crippen LogP contribution is -2.33. The fourth-order valence-electron chi connectivity index (χ4n) is 1.98. The Morgan fingerprint density at radius 2 is 2.14 bits per heavy atom. The van der Waals surface area contributed by atoms with Crippen molar-refractivity contribution in [1.29, 1.82) is 0 Å². The summed E-state index contributed by atoms with van der Waals surface area (Å²) in [5, 5.41) is 20.8. The second kappa shape index (κ2) is 5.23. The van der Waals surface area contributed by atoms with Gasteiger partial charge in [-0.3, -0.25) is 4.79 Å². The fraction of sp³-hybridized carbons (Fsp3) is 0.231. The van der Waals surface area contributed by atoms with Crippen LogP contribution in [0.15, 0.2) is 30.9 Å². The molecule has 0 saturated heterocycles. The van der Waals surface area contributed by atoms with E-state index in [-0.39, 0.29) is 6.42 Å². The Hall–Kier alpha value is -2.90. The number of carbonyl (C=O) groups is 1. The normalized spacial score (nSPS) is 10.9. The molecule has 0 fully saturated rings. The van der Waals surface area contributed by atoms with E-state index >= 15 is 0 Å². The maximum absolute atomic E-state index is 10.5. The number of fused-ring (bicyclic) bond motifs is 1. The topological polar surface area (TPSA) is 97.2 Å². The number of carboxylic acids is 1. The lowest BCUT2D eigenvalue weighted by atomic mass is 10.2. The molecule has 0 radical (unpaired) electrons. The molecule has 0 unspecified atom stereocenters. The van der Waals surface area contributed by atoms with Gasteiger partial charge >= 0.3 is 5.97 Å². The van der Waals surface area contributed by atoms with Gasteiger partial charge in [0.2, 0.25) is 0 Å². The van der Waals surface area contributed by atoms with Crippen molar-refractivity contribution in [3.63, 3.8) is 0 Å². The standard InChI is InChI=1S/C13H12N6O2/c1-9-13-16-14-8-19(13)17-12(15-9)10-2-5-18(6-3-10)7-4-11(20)21/h2-3,5-6,8H,4,7H2,1H3/p+1. The third kappa shape index (κ3) is 2.69. The molecule has 21 heavy (non-hydrogen) atoms. The molecule has 0 aromatic carbocycles. The van der Waals surface area contributed by atoms with Crippen LogP contribution in [0.1, 0.15) is 12.1 Å². The third-order valence-electron chi connectivity index (χ3n) is 3.06. The van der Waals surface area contributed by atoms with Gasteiger partial charge < -0.3 is 5.11 Å². The highest BCUT2D eigenvalue weighted by Gasteiger charge is 2.10. The second-order valence-corrected chi connectivity index (χ2v) is 4.59. The van der Waals surface area contributed by atoms with E-state index in [1.807, 2.05) is 36.0 Å². The van der Waals surface area contributed by atoms with Crippen LogP contribution in [0.2, 0.25) is 0 Å². The third-order valence-corrected chi connectivity index (χ3v) is 3.06. The van der Waals surface area contributed by atoms with Crippen molar-refractivity contribution in [2.75, 3.05) is 0 Å². The molecule has 3 aromatic rings. The van der Waals surface area contributed by atoms with Gasteiger partial charge in [-0.2, -0.15) is 4.52 Å². The first-order valence-electron chi connectivity index (χ1n) is 6.39. The van der Waals surface area contributed by atoms with Gasteiger partial charge in [0.05, 0.1) is 5.69 Å². The van der Waals surface area contributed by atoms with Crippen molar-refractivity contribution in [3.8, 4) is 11.4 Å². The summed E-state index contributed by atoms with van der Waals surface area (Å²) < 4.78 is 3.39. The maximum Gasteiger partial charge on any atom is 0.309 e. The lowest BCUT2D eigenvalue weighted by molar-refractivity contribution is -0.695. The van der Waals surface area contributed by atoms with Crippen molar-refractivity contribution in [1.82, 2.24) is 24.8 Å². The molecular formula is C13H13N6O2+. The van der Waals surface area contributed by atoms with Gasteiger partial charge in [-0.1, -0.05) is 0 Å². The van der Waals surface area contributed by atoms with Crippen LogP contribution in [0.3, 0.4) is 0 Å². The number of pyridine rings is 1. The van der Waals surface area contributed by atoms with Crippen LogP contribution in [0, 0.1) is 6.92 Å². The molecular weight excluding hydrogens is 272 g/mol. The Morgan fingerprint density at radius 3 is 2.86 bits per heavy atom. The van der Waals surface area contributed by atoms with Crippen molar-refractivity contribution in [2.45, 2.75) is 19.9 Å². The van der Waals surface area contributed by atoms with E-state index in [2.05, 4.69) is 20.3 Å². The lowest BCUT2D eigenvalue weighted by Gasteiger charge is -2.02. The predicted octanol–water partition coefficient (Wildman–Crippen LogP) is 0.257. The average molecular weight is 285 g/mol. The van der Waals surface area contributed by atoms with Crippen LogP contribution < -0.4 is 4.57 Å². The minimum absolute atomic E-state index is 0.0896. The monoisotopic (exact) mass is 285 g/mol. The van der Waals surface area contributed by atoms with Crippen LogP contribution in [0.5, 0.6) is 0 Å². The highest BCUT2D eigenvalue weighted by Crippen LogP contribution is 2.14. The summed E-state index contributed by atoms with van der Waals surface area (Å²) in [5.41, 5.74) is 2.23. The summed E-state index contributed by atoms with van der Waals surface area (Å²) in [4.78, 5) is 15.0. The quantitative estimate of drug-likeness (QED) is 0.690. The van der Waals surface area contributed by atoms with Crippen molar-refractivity contribution in [2.24, 2.45) is 0 Å². The summed E-state index contributed by atoms with van der Waals surface area (Å²) >= 11 is 0. The summed E-state index contributed by atoms with van der Waals surface area (Å²) in [7, 11) is 0. The van der Waals surface area contributed by atoms with E-state index < -0.39 is 5.97 Å². The van der Waals surface area contributed by atoms with Crippen LogP contribution in [-0.4, -0.2) is 35.9 Å². The van der Waals surface area contributed by atoms with Gasteiger partial charge in [0, 0.05) is 17.7 Å². The van der Waals surface area contributed by atoms with Gasteiger partial charge in [0.1, 0.15) is 12.7 Å². The molecule has 0 bridgehead atoms. The Kier molecular flexibility index (Phi) is 3.27. The van der Waals surface area contributed by atoms with E-state index in [1.165, 1.54) is 6.33 Å². The number of hydrogen-bond donors (Lipinski definition) is 1. The number of aliphatic carboxylic acids is 1. The molecule has 0 saturated carbocycles. The molecule has 0 aliphatic carbocycles. The van der Waals surface area contributed by atoms with Gasteiger partial charge in [-0.05, 0) is 6.92 Å². The Labute approximate surface area is 119 Å². The van der Waals surface area contributed by atoms with Crippen LogP contribution in [0.25, 0.3) is 17.0 Å². The highest BCUT2D eigenvalue weighted by atomic mass is 16.4. The highest BCUT2D eigenvalue weighted by molar-refractivity contribution is 5.66. The van der Waals surface area contributed by atoms with Gasteiger partial charge in [0.15, 0.2) is 30.4 Å². The molecule has 0 atom stereocenters. The smallest absolute Gasteiger partial charge is 0.309 e. The average Bonchev–Trinajstić information content (AvgIpc) is 2.94. The molecule has 8 heteroatoms. The van der Waals surface area contributed by atoms with E-state index in [4.69, 9.17) is 5.11 Å². The number of aryl methyl sites for hydroxylation is 2. The molecule has 0 spiro atoms. The van der Waals surface area contributed by atoms with E-state index in [0.29, 0.717) is 18.0 Å². The van der Waals surface area contributed by atoms with Crippen molar-refractivity contribution in [3.05, 3.63) is 36.5 Å². The summed E-state index contributed by atoms with van der Waals surface area (Å²) in [6.45, 7) is 2.28. The van der Waals surface area contributed by atoms with Crippen molar-refractivity contribution >= 4 is 11.6 Å². The molecule has 8 nitrogen and oxygen atoms in total. The minimum atomic E-state index is -0.816. The number of rotatable bonds is 4. The Morgan fingerprint density at radius 1 is 1.38 bits per heavy atom. The molecule has 3 heterocycles. The zero-order valence-electron chi connectivity index (χ0n) is 11.3. The van der Waals surface area contributed by atoms with Crippen molar-refractivity contribution < 1.29 is 14.5 Å². The first kappa shape index (κ1) is 13.1. The number of hydrogen-bond acceptors (Lipinski definition) is 5. The maximum atomic E-state index is 10.5. The molecule has 0 aliphatic heterocycles. The molecule has 0 aliphatic rings. The first-order chi connectivity index (χ1) is 10.1. The Balaban J connectivity index is 1.89. The molecule has 106 valence electrons. The van der Waals surface area contributed by atoms with Crippen LogP contribution >= 0.6 is 0 Å². The SMILES string of the molecule is Cc1nc(-c2cc[n+](CCC(=O)O)cc2)nn2cnnc12. The largest absolute Gasteiger partial charge is 0.481 e. The predicted molar refractivity (Wildman–Crippen MR) is 71.2 cm³/mol. The fourth-order valence-corrected chi connectivity index (χ4v) is 1.98. The molecule has 3 rings (SSSR count). The van der Waals surface area contributed by atoms with E-state index in [1.54, 1.807) is 4.52 Å². The zero-order chi connectivity index (χ0) is 14.8. The molecule has 1 N–H and O–H groups in total. The van der Waals surface area contributed by atoms with Crippen LogP contribution in [-0.2, 0) is 11.3 Å². The summed E-state index contributed by atoms with van der Waals surface area (Å²) in [6, 6.07) is 3.71. The molecule has 3 aromatic heterocycles. The van der Waals surface area contributed by atoms with Gasteiger partial charge in [-0.25, -0.2) is 9.55 Å². The Bertz CT molecular complexity index is 796. The number of carboxylic acid groups (broad SMARTS) is 1. The van der Waals surface area contributed by atoms with E-state index in [9.17, 15) is 4.79 Å². The van der Waals surface area contributed by atoms with Crippen LogP contribution in [0.4, 0.5) is 0 Å². The first-order valence-corrected chi connectivity index (χ1v) is 6.39. The number of nitrogens with zero attached hydrogens (tertiary/aromatic N) is 6. The van der Waals surface area contributed by atoms with Gasteiger partial charge in [-0.15, -0.1) is 15.3 Å². The van der Waals surface area contributed by atoms with Gasteiger partial charge in [0.25, 0.3) is 0 Å². The zero-order valence-corrected chi connectivity index (χ0v) is 11.3. The number of aromatic nitrogens is 6. The molecule has 0 amide bonds. The summed E-state index contributed by atoms with van der Waals surface area (Å²) in [5.74, 6) is -0.242. The summed E-state index contributed by atoms with van der Waals surface area (Å²) in [6.07, 6.45) is 5.25.